The Bertz CT molecular complexity index is 372. The average molecular weight is 208 g/mol. The van der Waals surface area contributed by atoms with E-state index in [4.69, 9.17) is 10.8 Å². The van der Waals surface area contributed by atoms with Gasteiger partial charge in [0, 0.05) is 0 Å². The lowest BCUT2D eigenvalue weighted by atomic mass is 10.3. The van der Waals surface area contributed by atoms with E-state index in [1.54, 1.807) is 6.07 Å². The number of primary amides is 1. The van der Waals surface area contributed by atoms with Gasteiger partial charge in [-0.05, 0) is 25.0 Å². The lowest BCUT2D eigenvalue weighted by Crippen LogP contribution is -2.26. The van der Waals surface area contributed by atoms with Gasteiger partial charge in [0.1, 0.15) is 5.82 Å². The van der Waals surface area contributed by atoms with Crippen LogP contribution >= 0.6 is 0 Å². The molecule has 1 heterocycles. The Kier molecular flexibility index (Phi) is 2.28. The number of carbonyl (C=O) groups excluding carboxylic acids is 1. The van der Waals surface area contributed by atoms with Crippen LogP contribution < -0.4 is 11.1 Å². The molecule has 0 saturated heterocycles. The first-order valence-electron chi connectivity index (χ1n) is 4.68. The molecule has 0 aliphatic heterocycles. The minimum Gasteiger partial charge on any atom is -0.394 e. The molecule has 1 aromatic heterocycles. The molecule has 1 aliphatic carbocycles. The van der Waals surface area contributed by atoms with Crippen molar-refractivity contribution in [2.45, 2.75) is 18.4 Å². The number of amides is 1. The van der Waals surface area contributed by atoms with E-state index in [1.165, 1.54) is 6.07 Å². The SMILES string of the molecule is NC(=O)c1ccc(NC2(CO)CC2)nn1. The summed E-state index contributed by atoms with van der Waals surface area (Å²) in [5.74, 6) is -0.0520. The van der Waals surface area contributed by atoms with Crippen LogP contribution in [0, 0.1) is 0 Å². The topological polar surface area (TPSA) is 101 Å². The van der Waals surface area contributed by atoms with Crippen LogP contribution in [0.3, 0.4) is 0 Å². The first-order chi connectivity index (χ1) is 7.15. The molecule has 4 N–H and O–H groups in total. The largest absolute Gasteiger partial charge is 0.394 e. The van der Waals surface area contributed by atoms with Crippen molar-refractivity contribution in [1.82, 2.24) is 10.2 Å². The Morgan fingerprint density at radius 2 is 2.27 bits per heavy atom. The van der Waals surface area contributed by atoms with Gasteiger partial charge in [0.05, 0.1) is 12.1 Å². The van der Waals surface area contributed by atoms with Crippen molar-refractivity contribution in [1.29, 1.82) is 0 Å². The quantitative estimate of drug-likeness (QED) is 0.620. The number of aromatic nitrogens is 2. The third-order valence-corrected chi connectivity index (χ3v) is 2.47. The first kappa shape index (κ1) is 9.85. The number of aliphatic hydroxyl groups is 1. The monoisotopic (exact) mass is 208 g/mol. The van der Waals surface area contributed by atoms with E-state index >= 15 is 0 Å². The minimum atomic E-state index is -0.600. The second-order valence-corrected chi connectivity index (χ2v) is 3.73. The van der Waals surface area contributed by atoms with Crippen molar-refractivity contribution < 1.29 is 9.90 Å². The molecule has 80 valence electrons. The number of hydrogen-bond acceptors (Lipinski definition) is 5. The molecule has 0 atom stereocenters. The fraction of sp³-hybridized carbons (Fsp3) is 0.444. The van der Waals surface area contributed by atoms with Crippen LogP contribution in [0.2, 0.25) is 0 Å². The molecule has 0 spiro atoms. The molecular formula is C9H12N4O2. The van der Waals surface area contributed by atoms with Gasteiger partial charge in [-0.15, -0.1) is 10.2 Å². The van der Waals surface area contributed by atoms with Crippen molar-refractivity contribution >= 4 is 11.7 Å². The summed E-state index contributed by atoms with van der Waals surface area (Å²) in [5, 5.41) is 19.6. The highest BCUT2D eigenvalue weighted by atomic mass is 16.3. The summed E-state index contributed by atoms with van der Waals surface area (Å²) in [7, 11) is 0. The van der Waals surface area contributed by atoms with Crippen molar-refractivity contribution in [2.75, 3.05) is 11.9 Å². The van der Waals surface area contributed by atoms with E-state index < -0.39 is 5.91 Å². The van der Waals surface area contributed by atoms with E-state index in [-0.39, 0.29) is 17.8 Å². The number of nitrogens with one attached hydrogen (secondary N) is 1. The summed E-state index contributed by atoms with van der Waals surface area (Å²) in [6, 6.07) is 3.13. The molecule has 1 fully saturated rings. The van der Waals surface area contributed by atoms with Crippen LogP contribution in [0.5, 0.6) is 0 Å². The van der Waals surface area contributed by atoms with Gasteiger partial charge in [-0.25, -0.2) is 0 Å². The average Bonchev–Trinajstić information content (AvgIpc) is 2.99. The summed E-state index contributed by atoms with van der Waals surface area (Å²) >= 11 is 0. The number of aliphatic hydroxyl groups excluding tert-OH is 1. The number of anilines is 1. The zero-order valence-corrected chi connectivity index (χ0v) is 8.10. The first-order valence-corrected chi connectivity index (χ1v) is 4.68. The standard InChI is InChI=1S/C9H12N4O2/c10-8(15)6-1-2-7(13-12-6)11-9(5-14)3-4-9/h1-2,14H,3-5H2,(H2,10,15)(H,11,13). The molecule has 0 unspecified atom stereocenters. The fourth-order valence-corrected chi connectivity index (χ4v) is 1.28. The van der Waals surface area contributed by atoms with Crippen LogP contribution in [-0.4, -0.2) is 33.4 Å². The van der Waals surface area contributed by atoms with Crippen molar-refractivity contribution in [3.05, 3.63) is 17.8 Å². The maximum absolute atomic E-state index is 10.7. The normalized spacial score (nSPS) is 17.1. The predicted molar refractivity (Wildman–Crippen MR) is 53.2 cm³/mol. The van der Waals surface area contributed by atoms with Crippen molar-refractivity contribution in [2.24, 2.45) is 5.73 Å². The van der Waals surface area contributed by atoms with E-state index in [1.807, 2.05) is 0 Å². The molecular weight excluding hydrogens is 196 g/mol. The Labute approximate surface area is 86.5 Å². The number of nitrogens with two attached hydrogens (primary N) is 1. The zero-order valence-electron chi connectivity index (χ0n) is 8.10. The molecule has 15 heavy (non-hydrogen) atoms. The zero-order chi connectivity index (χ0) is 10.9. The van der Waals surface area contributed by atoms with E-state index in [2.05, 4.69) is 15.5 Å². The van der Waals surface area contributed by atoms with Crippen LogP contribution in [0.4, 0.5) is 5.82 Å². The molecule has 2 rings (SSSR count). The molecule has 6 nitrogen and oxygen atoms in total. The minimum absolute atomic E-state index is 0.0756. The van der Waals surface area contributed by atoms with Gasteiger partial charge in [-0.2, -0.15) is 0 Å². The van der Waals surface area contributed by atoms with Gasteiger partial charge < -0.3 is 16.2 Å². The van der Waals surface area contributed by atoms with Crippen LogP contribution in [0.25, 0.3) is 0 Å². The van der Waals surface area contributed by atoms with Crippen LogP contribution in [0.15, 0.2) is 12.1 Å². The Morgan fingerprint density at radius 3 is 2.67 bits per heavy atom. The maximum Gasteiger partial charge on any atom is 0.269 e. The fourth-order valence-electron chi connectivity index (χ4n) is 1.28. The summed E-state index contributed by atoms with van der Waals surface area (Å²) in [5.41, 5.74) is 4.93. The molecule has 1 saturated carbocycles. The van der Waals surface area contributed by atoms with E-state index in [0.717, 1.165) is 12.8 Å². The van der Waals surface area contributed by atoms with Gasteiger partial charge in [0.25, 0.3) is 5.91 Å². The molecule has 0 aromatic carbocycles. The Morgan fingerprint density at radius 1 is 1.53 bits per heavy atom. The van der Waals surface area contributed by atoms with Crippen LogP contribution in [-0.2, 0) is 0 Å². The highest BCUT2D eigenvalue weighted by Crippen LogP contribution is 2.37. The third kappa shape index (κ3) is 2.04. The lowest BCUT2D eigenvalue weighted by Gasteiger charge is -2.13. The lowest BCUT2D eigenvalue weighted by molar-refractivity contribution is 0.0994. The number of carbonyl (C=O) groups is 1. The van der Waals surface area contributed by atoms with Gasteiger partial charge in [-0.3, -0.25) is 4.79 Å². The summed E-state index contributed by atoms with van der Waals surface area (Å²) < 4.78 is 0. The molecule has 0 radical (unpaired) electrons. The summed E-state index contributed by atoms with van der Waals surface area (Å²) in [6.07, 6.45) is 1.84. The molecule has 1 amide bonds. The third-order valence-electron chi connectivity index (χ3n) is 2.47. The smallest absolute Gasteiger partial charge is 0.269 e. The van der Waals surface area contributed by atoms with Gasteiger partial charge >= 0.3 is 0 Å². The highest BCUT2D eigenvalue weighted by molar-refractivity contribution is 5.90. The van der Waals surface area contributed by atoms with Crippen molar-refractivity contribution in [3.8, 4) is 0 Å². The Balaban J connectivity index is 2.07. The molecule has 6 heteroatoms. The highest BCUT2D eigenvalue weighted by Gasteiger charge is 2.42. The molecule has 1 aromatic rings. The predicted octanol–water partition coefficient (Wildman–Crippen LogP) is -0.488. The van der Waals surface area contributed by atoms with E-state index in [0.29, 0.717) is 5.82 Å². The van der Waals surface area contributed by atoms with E-state index in [9.17, 15) is 4.79 Å². The van der Waals surface area contributed by atoms with Gasteiger partial charge in [0.2, 0.25) is 0 Å². The second kappa shape index (κ2) is 3.47. The molecule has 0 bridgehead atoms. The number of nitrogens with zero attached hydrogens (tertiary/aromatic N) is 2. The number of rotatable bonds is 4. The molecule has 1 aliphatic rings. The van der Waals surface area contributed by atoms with Gasteiger partial charge in [-0.1, -0.05) is 0 Å². The maximum atomic E-state index is 10.7. The van der Waals surface area contributed by atoms with Gasteiger partial charge in [0.15, 0.2) is 5.69 Å². The summed E-state index contributed by atoms with van der Waals surface area (Å²) in [4.78, 5) is 10.7. The number of hydrogen-bond donors (Lipinski definition) is 3. The Hall–Kier alpha value is -1.69. The van der Waals surface area contributed by atoms with Crippen molar-refractivity contribution in [3.63, 3.8) is 0 Å². The second-order valence-electron chi connectivity index (χ2n) is 3.73. The van der Waals surface area contributed by atoms with Crippen LogP contribution in [0.1, 0.15) is 23.3 Å². The summed E-state index contributed by atoms with van der Waals surface area (Å²) in [6.45, 7) is 0.0756.